The first-order valence-electron chi connectivity index (χ1n) is 6.00. The average Bonchev–Trinajstić information content (AvgIpc) is 2.28. The molecule has 0 heterocycles. The summed E-state index contributed by atoms with van der Waals surface area (Å²) in [6, 6.07) is 5.94. The molecule has 0 aromatic heterocycles. The van der Waals surface area contributed by atoms with Gasteiger partial charge in [-0.3, -0.25) is 0 Å². The van der Waals surface area contributed by atoms with Crippen molar-refractivity contribution in [2.45, 2.75) is 32.6 Å². The van der Waals surface area contributed by atoms with Crippen molar-refractivity contribution in [3.8, 4) is 11.5 Å². The molecule has 0 unspecified atom stereocenters. The Labute approximate surface area is 104 Å². The van der Waals surface area contributed by atoms with E-state index in [1.54, 1.807) is 7.11 Å². The summed E-state index contributed by atoms with van der Waals surface area (Å²) in [5, 5.41) is 0. The largest absolute Gasteiger partial charge is 0.496 e. The Balaban J connectivity index is 2.89. The van der Waals surface area contributed by atoms with Crippen molar-refractivity contribution in [3.05, 3.63) is 23.8 Å². The molecule has 1 rings (SSSR count). The Kier molecular flexibility index (Phi) is 4.82. The van der Waals surface area contributed by atoms with E-state index >= 15 is 0 Å². The van der Waals surface area contributed by atoms with E-state index in [-0.39, 0.29) is 5.41 Å². The molecule has 0 spiro atoms. The van der Waals surface area contributed by atoms with E-state index in [1.165, 1.54) is 0 Å². The molecule has 0 aliphatic rings. The molecule has 1 aromatic rings. The van der Waals surface area contributed by atoms with Crippen molar-refractivity contribution >= 4 is 0 Å². The van der Waals surface area contributed by atoms with Gasteiger partial charge in [-0.05, 0) is 36.6 Å². The molecule has 17 heavy (non-hydrogen) atoms. The van der Waals surface area contributed by atoms with E-state index < -0.39 is 0 Å². The predicted molar refractivity (Wildman–Crippen MR) is 70.9 cm³/mol. The zero-order chi connectivity index (χ0) is 12.9. The maximum absolute atomic E-state index is 5.65. The number of methoxy groups -OCH3 is 1. The van der Waals surface area contributed by atoms with Crippen molar-refractivity contribution in [2.75, 3.05) is 20.3 Å². The lowest BCUT2D eigenvalue weighted by Gasteiger charge is -2.22. The van der Waals surface area contributed by atoms with E-state index in [2.05, 4.69) is 26.8 Å². The summed E-state index contributed by atoms with van der Waals surface area (Å²) in [7, 11) is 1.69. The van der Waals surface area contributed by atoms with Crippen LogP contribution in [0.3, 0.4) is 0 Å². The lowest BCUT2D eigenvalue weighted by molar-refractivity contribution is 0.311. The maximum Gasteiger partial charge on any atom is 0.122 e. The van der Waals surface area contributed by atoms with Crippen molar-refractivity contribution in [2.24, 2.45) is 5.73 Å². The summed E-state index contributed by atoms with van der Waals surface area (Å²) in [5.41, 5.74) is 6.64. The van der Waals surface area contributed by atoms with E-state index in [0.717, 1.165) is 23.5 Å². The van der Waals surface area contributed by atoms with Crippen LogP contribution in [0.25, 0.3) is 0 Å². The van der Waals surface area contributed by atoms with Crippen LogP contribution in [0.15, 0.2) is 18.2 Å². The van der Waals surface area contributed by atoms with Crippen LogP contribution in [0, 0.1) is 0 Å². The van der Waals surface area contributed by atoms with Crippen molar-refractivity contribution in [3.63, 3.8) is 0 Å². The molecule has 96 valence electrons. The van der Waals surface area contributed by atoms with Gasteiger partial charge in [-0.2, -0.15) is 0 Å². The molecular weight excluding hydrogens is 214 g/mol. The second kappa shape index (κ2) is 5.92. The topological polar surface area (TPSA) is 44.5 Å². The third kappa shape index (κ3) is 3.93. The summed E-state index contributed by atoms with van der Waals surface area (Å²) < 4.78 is 11.0. The van der Waals surface area contributed by atoms with Gasteiger partial charge in [0.2, 0.25) is 0 Å². The molecule has 1 aromatic carbocycles. The van der Waals surface area contributed by atoms with Gasteiger partial charge in [0.1, 0.15) is 11.5 Å². The number of hydrogen-bond acceptors (Lipinski definition) is 3. The SMILES string of the molecule is COc1ccc(OCCCN)cc1C(C)(C)C. The Morgan fingerprint density at radius 3 is 2.47 bits per heavy atom. The minimum atomic E-state index is 0.0403. The van der Waals surface area contributed by atoms with Gasteiger partial charge >= 0.3 is 0 Å². The summed E-state index contributed by atoms with van der Waals surface area (Å²) in [6.45, 7) is 7.80. The van der Waals surface area contributed by atoms with Crippen LogP contribution in [0.4, 0.5) is 0 Å². The second-order valence-electron chi connectivity index (χ2n) is 5.10. The van der Waals surface area contributed by atoms with Crippen LogP contribution >= 0.6 is 0 Å². The smallest absolute Gasteiger partial charge is 0.122 e. The van der Waals surface area contributed by atoms with Gasteiger partial charge in [-0.25, -0.2) is 0 Å². The summed E-state index contributed by atoms with van der Waals surface area (Å²) in [6.07, 6.45) is 0.872. The third-order valence-electron chi connectivity index (χ3n) is 2.60. The van der Waals surface area contributed by atoms with Crippen LogP contribution in [0.1, 0.15) is 32.8 Å². The molecule has 0 radical (unpaired) electrons. The standard InChI is InChI=1S/C14H23NO2/c1-14(2,3)12-10-11(17-9-5-8-15)6-7-13(12)16-4/h6-7,10H,5,8-9,15H2,1-4H3. The van der Waals surface area contributed by atoms with Gasteiger partial charge in [0.05, 0.1) is 13.7 Å². The Hall–Kier alpha value is -1.22. The fourth-order valence-corrected chi connectivity index (χ4v) is 1.64. The van der Waals surface area contributed by atoms with Gasteiger partial charge < -0.3 is 15.2 Å². The van der Waals surface area contributed by atoms with Gasteiger partial charge in [0.15, 0.2) is 0 Å². The number of rotatable bonds is 5. The fraction of sp³-hybridized carbons (Fsp3) is 0.571. The van der Waals surface area contributed by atoms with Crippen LogP contribution in [0.5, 0.6) is 11.5 Å². The first-order valence-corrected chi connectivity index (χ1v) is 6.00. The zero-order valence-electron chi connectivity index (χ0n) is 11.2. The quantitative estimate of drug-likeness (QED) is 0.801. The summed E-state index contributed by atoms with van der Waals surface area (Å²) in [4.78, 5) is 0. The van der Waals surface area contributed by atoms with Crippen molar-refractivity contribution < 1.29 is 9.47 Å². The minimum Gasteiger partial charge on any atom is -0.496 e. The van der Waals surface area contributed by atoms with E-state index in [0.29, 0.717) is 13.2 Å². The molecule has 0 aliphatic heterocycles. The molecule has 3 heteroatoms. The molecule has 3 nitrogen and oxygen atoms in total. The number of ether oxygens (including phenoxy) is 2. The highest BCUT2D eigenvalue weighted by molar-refractivity contribution is 5.44. The third-order valence-corrected chi connectivity index (χ3v) is 2.60. The van der Waals surface area contributed by atoms with Gasteiger partial charge in [0.25, 0.3) is 0 Å². The molecule has 0 atom stereocenters. The summed E-state index contributed by atoms with van der Waals surface area (Å²) in [5.74, 6) is 1.79. The van der Waals surface area contributed by atoms with Crippen LogP contribution < -0.4 is 15.2 Å². The number of hydrogen-bond donors (Lipinski definition) is 1. The maximum atomic E-state index is 5.65. The average molecular weight is 237 g/mol. The van der Waals surface area contributed by atoms with E-state index in [1.807, 2.05) is 12.1 Å². The molecule has 0 saturated carbocycles. The first kappa shape index (κ1) is 13.8. The number of nitrogens with two attached hydrogens (primary N) is 1. The highest BCUT2D eigenvalue weighted by atomic mass is 16.5. The lowest BCUT2D eigenvalue weighted by Crippen LogP contribution is -2.13. The molecule has 0 saturated heterocycles. The van der Waals surface area contributed by atoms with Crippen molar-refractivity contribution in [1.29, 1.82) is 0 Å². The van der Waals surface area contributed by atoms with Crippen LogP contribution in [0.2, 0.25) is 0 Å². The molecule has 0 bridgehead atoms. The molecule has 0 amide bonds. The Morgan fingerprint density at radius 1 is 1.24 bits per heavy atom. The van der Waals surface area contributed by atoms with Gasteiger partial charge in [0, 0.05) is 5.56 Å². The normalized spacial score (nSPS) is 11.4. The Morgan fingerprint density at radius 2 is 1.94 bits per heavy atom. The van der Waals surface area contributed by atoms with Crippen molar-refractivity contribution in [1.82, 2.24) is 0 Å². The second-order valence-corrected chi connectivity index (χ2v) is 5.10. The van der Waals surface area contributed by atoms with Crippen LogP contribution in [-0.2, 0) is 5.41 Å². The minimum absolute atomic E-state index is 0.0403. The Bertz CT molecular complexity index is 356. The first-order chi connectivity index (χ1) is 7.99. The molecule has 0 fully saturated rings. The van der Waals surface area contributed by atoms with E-state index in [9.17, 15) is 0 Å². The van der Waals surface area contributed by atoms with Crippen LogP contribution in [-0.4, -0.2) is 20.3 Å². The van der Waals surface area contributed by atoms with Gasteiger partial charge in [-0.15, -0.1) is 0 Å². The lowest BCUT2D eigenvalue weighted by atomic mass is 9.86. The highest BCUT2D eigenvalue weighted by Gasteiger charge is 2.19. The molecule has 0 aliphatic carbocycles. The zero-order valence-corrected chi connectivity index (χ0v) is 11.2. The fourth-order valence-electron chi connectivity index (χ4n) is 1.64. The molecular formula is C14H23NO2. The number of benzene rings is 1. The predicted octanol–water partition coefficient (Wildman–Crippen LogP) is 2.72. The van der Waals surface area contributed by atoms with Gasteiger partial charge in [-0.1, -0.05) is 20.8 Å². The highest BCUT2D eigenvalue weighted by Crippen LogP contribution is 2.34. The summed E-state index contributed by atoms with van der Waals surface area (Å²) >= 11 is 0. The monoisotopic (exact) mass is 237 g/mol. The van der Waals surface area contributed by atoms with E-state index in [4.69, 9.17) is 15.2 Å². The molecule has 2 N–H and O–H groups in total.